The van der Waals surface area contributed by atoms with Gasteiger partial charge in [0.05, 0.1) is 23.3 Å². The average molecular weight is 406 g/mol. The number of benzene rings is 1. The van der Waals surface area contributed by atoms with E-state index in [0.29, 0.717) is 5.69 Å². The highest BCUT2D eigenvalue weighted by Gasteiger charge is 2.14. The van der Waals surface area contributed by atoms with Gasteiger partial charge in [0, 0.05) is 18.3 Å². The average Bonchev–Trinajstić information content (AvgIpc) is 3.31. The Hall–Kier alpha value is -2.56. The molecule has 0 spiro atoms. The maximum Gasteiger partial charge on any atom is 0.240 e. The third kappa shape index (κ3) is 5.22. The van der Waals surface area contributed by atoms with Crippen LogP contribution in [-0.2, 0) is 21.4 Å². The first-order valence-corrected chi connectivity index (χ1v) is 10.6. The Bertz CT molecular complexity index is 1010. The molecule has 0 saturated heterocycles. The molecule has 2 aromatic heterocycles. The molecule has 0 aliphatic heterocycles. The largest absolute Gasteiger partial charge is 0.350 e. The molecule has 1 amide bonds. The first kappa shape index (κ1) is 19.2. The van der Waals surface area contributed by atoms with Gasteiger partial charge in [-0.3, -0.25) is 4.79 Å². The maximum atomic E-state index is 12.2. The molecule has 0 aliphatic rings. The van der Waals surface area contributed by atoms with E-state index in [4.69, 9.17) is 0 Å². The summed E-state index contributed by atoms with van der Waals surface area (Å²) in [6.45, 7) is 2.07. The van der Waals surface area contributed by atoms with Crippen LogP contribution in [0.3, 0.4) is 0 Å². The number of sulfonamides is 1. The minimum atomic E-state index is -3.62. The van der Waals surface area contributed by atoms with Gasteiger partial charge >= 0.3 is 0 Å². The van der Waals surface area contributed by atoms with E-state index in [0.717, 1.165) is 11.3 Å². The second-order valence-corrected chi connectivity index (χ2v) is 8.42. The predicted octanol–water partition coefficient (Wildman–Crippen LogP) is 1.62. The second-order valence-electron chi connectivity index (χ2n) is 5.88. The fraction of sp³-hybridized carbons (Fsp3) is 0.235. The molecule has 8 nitrogen and oxygen atoms in total. The molecule has 2 heterocycles. The molecule has 1 aromatic carbocycles. The van der Waals surface area contributed by atoms with Gasteiger partial charge in [-0.2, -0.15) is 11.3 Å². The molecule has 3 rings (SSSR count). The smallest absolute Gasteiger partial charge is 0.240 e. The van der Waals surface area contributed by atoms with Gasteiger partial charge in [-0.15, -0.1) is 5.10 Å². The van der Waals surface area contributed by atoms with E-state index >= 15 is 0 Å². The van der Waals surface area contributed by atoms with Crippen molar-refractivity contribution in [2.45, 2.75) is 24.8 Å². The summed E-state index contributed by atoms with van der Waals surface area (Å²) >= 11 is 1.56. The van der Waals surface area contributed by atoms with Crippen molar-refractivity contribution < 1.29 is 13.2 Å². The summed E-state index contributed by atoms with van der Waals surface area (Å²) in [6, 6.07) is 8.52. The van der Waals surface area contributed by atoms with Crippen molar-refractivity contribution in [3.8, 4) is 5.69 Å². The standard InChI is InChI=1S/C17H19N5O3S2/c1-13-3-2-4-16(9-13)27(24,25)19-7-5-17(23)18-10-14-11-22(21-20-14)15-6-8-26-12-15/h2-4,6,8-9,11-12,19H,5,7,10H2,1H3,(H,18,23). The zero-order valence-electron chi connectivity index (χ0n) is 14.6. The number of carbonyl (C=O) groups excluding carboxylic acids is 1. The van der Waals surface area contributed by atoms with E-state index in [2.05, 4.69) is 20.4 Å². The Morgan fingerprint density at radius 2 is 2.15 bits per heavy atom. The number of nitrogens with zero attached hydrogens (tertiary/aromatic N) is 3. The monoisotopic (exact) mass is 405 g/mol. The number of aromatic nitrogens is 3. The first-order chi connectivity index (χ1) is 12.9. The topological polar surface area (TPSA) is 106 Å². The molecule has 0 saturated carbocycles. The molecule has 10 heteroatoms. The maximum absolute atomic E-state index is 12.2. The molecule has 0 bridgehead atoms. The lowest BCUT2D eigenvalue weighted by Crippen LogP contribution is -2.30. The minimum Gasteiger partial charge on any atom is -0.350 e. The zero-order valence-corrected chi connectivity index (χ0v) is 16.3. The summed E-state index contributed by atoms with van der Waals surface area (Å²) in [6.07, 6.45) is 1.77. The van der Waals surface area contributed by atoms with Gasteiger partial charge in [-0.25, -0.2) is 17.8 Å². The molecule has 27 heavy (non-hydrogen) atoms. The highest BCUT2D eigenvalue weighted by atomic mass is 32.2. The lowest BCUT2D eigenvalue weighted by molar-refractivity contribution is -0.121. The van der Waals surface area contributed by atoms with Crippen LogP contribution in [0.15, 0.2) is 52.2 Å². The summed E-state index contributed by atoms with van der Waals surface area (Å²) in [5, 5.41) is 14.6. The molecule has 0 aliphatic carbocycles. The minimum absolute atomic E-state index is 0.0176. The number of amides is 1. The third-order valence-electron chi connectivity index (χ3n) is 3.72. The summed E-state index contributed by atoms with van der Waals surface area (Å²) in [5.74, 6) is -0.271. The van der Waals surface area contributed by atoms with E-state index in [1.54, 1.807) is 34.3 Å². The Morgan fingerprint density at radius 3 is 2.89 bits per heavy atom. The highest BCUT2D eigenvalue weighted by Crippen LogP contribution is 2.11. The van der Waals surface area contributed by atoms with Crippen LogP contribution in [0.5, 0.6) is 0 Å². The summed E-state index contributed by atoms with van der Waals surface area (Å²) in [5.41, 5.74) is 2.39. The molecule has 0 unspecified atom stereocenters. The SMILES string of the molecule is Cc1cccc(S(=O)(=O)NCCC(=O)NCc2cn(-c3ccsc3)nn2)c1. The van der Waals surface area contributed by atoms with E-state index < -0.39 is 10.0 Å². The van der Waals surface area contributed by atoms with E-state index in [9.17, 15) is 13.2 Å². The van der Waals surface area contributed by atoms with E-state index in [-0.39, 0.29) is 30.3 Å². The van der Waals surface area contributed by atoms with Crippen molar-refractivity contribution in [3.63, 3.8) is 0 Å². The van der Waals surface area contributed by atoms with E-state index in [1.165, 1.54) is 6.07 Å². The Labute approximate surface area is 161 Å². The molecule has 0 atom stereocenters. The van der Waals surface area contributed by atoms with Gasteiger partial charge in [0.15, 0.2) is 0 Å². The van der Waals surface area contributed by atoms with Crippen LogP contribution in [0.4, 0.5) is 0 Å². The molecule has 142 valence electrons. The Kier molecular flexibility index (Phi) is 5.99. The predicted molar refractivity (Wildman–Crippen MR) is 102 cm³/mol. The first-order valence-electron chi connectivity index (χ1n) is 8.21. The van der Waals surface area contributed by atoms with Crippen LogP contribution in [-0.4, -0.2) is 35.9 Å². The van der Waals surface area contributed by atoms with Crippen LogP contribution in [0.25, 0.3) is 5.69 Å². The molecule has 0 radical (unpaired) electrons. The number of carbonyl (C=O) groups is 1. The van der Waals surface area contributed by atoms with Gasteiger partial charge in [0.2, 0.25) is 15.9 Å². The van der Waals surface area contributed by atoms with Crippen LogP contribution >= 0.6 is 11.3 Å². The number of nitrogens with one attached hydrogen (secondary N) is 2. The number of hydrogen-bond donors (Lipinski definition) is 2. The molecule has 0 fully saturated rings. The van der Waals surface area contributed by atoms with E-state index in [1.807, 2.05) is 29.8 Å². The fourth-order valence-corrected chi connectivity index (χ4v) is 4.09. The normalized spacial score (nSPS) is 11.4. The molecule has 3 aromatic rings. The van der Waals surface area contributed by atoms with Crippen molar-refractivity contribution in [1.29, 1.82) is 0 Å². The van der Waals surface area contributed by atoms with Crippen molar-refractivity contribution in [2.75, 3.05) is 6.54 Å². The summed E-state index contributed by atoms with van der Waals surface area (Å²) in [4.78, 5) is 12.1. The highest BCUT2D eigenvalue weighted by molar-refractivity contribution is 7.89. The van der Waals surface area contributed by atoms with Crippen LogP contribution in [0, 0.1) is 6.92 Å². The Balaban J connectivity index is 1.45. The zero-order chi connectivity index (χ0) is 19.3. The van der Waals surface area contributed by atoms with Crippen molar-refractivity contribution in [2.24, 2.45) is 0 Å². The van der Waals surface area contributed by atoms with Gasteiger partial charge in [0.1, 0.15) is 5.69 Å². The lowest BCUT2D eigenvalue weighted by Gasteiger charge is -2.07. The quantitative estimate of drug-likeness (QED) is 0.592. The van der Waals surface area contributed by atoms with Gasteiger partial charge in [-0.05, 0) is 36.1 Å². The van der Waals surface area contributed by atoms with Crippen molar-refractivity contribution in [1.82, 2.24) is 25.0 Å². The van der Waals surface area contributed by atoms with Gasteiger partial charge in [-0.1, -0.05) is 17.3 Å². The van der Waals surface area contributed by atoms with Crippen molar-refractivity contribution >= 4 is 27.3 Å². The molecule has 2 N–H and O–H groups in total. The summed E-state index contributed by atoms with van der Waals surface area (Å²) in [7, 11) is -3.62. The van der Waals surface area contributed by atoms with Gasteiger partial charge in [0.25, 0.3) is 0 Å². The van der Waals surface area contributed by atoms with Crippen molar-refractivity contribution in [3.05, 3.63) is 58.5 Å². The second kappa shape index (κ2) is 8.42. The number of hydrogen-bond acceptors (Lipinski definition) is 6. The number of aryl methyl sites for hydroxylation is 1. The molecular formula is C17H19N5O3S2. The third-order valence-corrected chi connectivity index (χ3v) is 5.85. The lowest BCUT2D eigenvalue weighted by atomic mass is 10.2. The fourth-order valence-electron chi connectivity index (χ4n) is 2.34. The summed E-state index contributed by atoms with van der Waals surface area (Å²) < 4.78 is 28.5. The van der Waals surface area contributed by atoms with Crippen LogP contribution in [0.2, 0.25) is 0 Å². The van der Waals surface area contributed by atoms with Crippen LogP contribution in [0.1, 0.15) is 17.7 Å². The van der Waals surface area contributed by atoms with Crippen LogP contribution < -0.4 is 10.0 Å². The Morgan fingerprint density at radius 1 is 1.30 bits per heavy atom. The van der Waals surface area contributed by atoms with Gasteiger partial charge < -0.3 is 5.32 Å². The number of thiophene rings is 1. The molecular weight excluding hydrogens is 386 g/mol. The number of rotatable bonds is 8.